The van der Waals surface area contributed by atoms with Crippen molar-refractivity contribution in [3.63, 3.8) is 0 Å². The molecule has 226 valence electrons. The Kier molecular flexibility index (Phi) is 11.2. The first-order valence-corrected chi connectivity index (χ1v) is 15.7. The molecule has 3 aromatic rings. The number of carbonyl (C=O) groups excluding carboxylic acids is 2. The number of rotatable bonds is 13. The summed E-state index contributed by atoms with van der Waals surface area (Å²) in [6, 6.07) is 20.0. The van der Waals surface area contributed by atoms with E-state index in [9.17, 15) is 18.0 Å². The zero-order chi connectivity index (χ0) is 31.0. The van der Waals surface area contributed by atoms with Crippen LogP contribution in [0.15, 0.2) is 77.7 Å². The van der Waals surface area contributed by atoms with E-state index in [1.807, 2.05) is 45.0 Å². The maximum atomic E-state index is 14.1. The van der Waals surface area contributed by atoms with Crippen LogP contribution in [0.1, 0.15) is 63.6 Å². The topological polar surface area (TPSA) is 96.0 Å². The van der Waals surface area contributed by atoms with Gasteiger partial charge in [0.15, 0.2) is 0 Å². The van der Waals surface area contributed by atoms with E-state index in [1.165, 1.54) is 4.90 Å². The molecule has 8 nitrogen and oxygen atoms in total. The fraction of sp³-hybridized carbons (Fsp3) is 0.394. The first-order chi connectivity index (χ1) is 19.9. The smallest absolute Gasteiger partial charge is 0.264 e. The van der Waals surface area contributed by atoms with E-state index in [1.54, 1.807) is 62.6 Å². The summed E-state index contributed by atoms with van der Waals surface area (Å²) in [5.74, 6) is 0.119. The van der Waals surface area contributed by atoms with Crippen molar-refractivity contribution < 1.29 is 22.7 Å². The van der Waals surface area contributed by atoms with E-state index in [4.69, 9.17) is 4.74 Å². The lowest BCUT2D eigenvalue weighted by atomic mass is 10.0. The van der Waals surface area contributed by atoms with E-state index in [0.29, 0.717) is 11.4 Å². The monoisotopic (exact) mass is 593 g/mol. The van der Waals surface area contributed by atoms with E-state index < -0.39 is 28.5 Å². The number of aryl methyl sites for hydroxylation is 1. The second kappa shape index (κ2) is 14.4. The van der Waals surface area contributed by atoms with Gasteiger partial charge in [-0.1, -0.05) is 62.7 Å². The summed E-state index contributed by atoms with van der Waals surface area (Å²) in [7, 11) is -2.54. The molecule has 9 heteroatoms. The first kappa shape index (κ1) is 32.7. The van der Waals surface area contributed by atoms with Gasteiger partial charge in [-0.2, -0.15) is 0 Å². The van der Waals surface area contributed by atoms with Crippen molar-refractivity contribution in [3.05, 3.63) is 89.5 Å². The molecule has 0 saturated heterocycles. The number of nitrogens with one attached hydrogen (secondary N) is 1. The Labute approximate surface area is 250 Å². The van der Waals surface area contributed by atoms with Crippen LogP contribution in [0.25, 0.3) is 0 Å². The van der Waals surface area contributed by atoms with Crippen LogP contribution >= 0.6 is 0 Å². The van der Waals surface area contributed by atoms with E-state index in [2.05, 4.69) is 19.2 Å². The zero-order valence-electron chi connectivity index (χ0n) is 25.6. The fourth-order valence-electron chi connectivity index (χ4n) is 4.37. The molecule has 0 unspecified atom stereocenters. The standard InChI is InChI=1S/C33H43N3O5S/c1-8-25(5)34-33(38)26(6)35(21-27-11-17-30(41-7)18-12-27)32(37)22-36(29-15-13-28(14-16-29)23(2)3)42(39,40)31-19-9-24(4)10-20-31/h9-20,23,25-26H,8,21-22H2,1-7H3,(H,34,38)/t25-,26+/m0/s1. The fourth-order valence-corrected chi connectivity index (χ4v) is 5.78. The lowest BCUT2D eigenvalue weighted by Crippen LogP contribution is -2.52. The van der Waals surface area contributed by atoms with Crippen LogP contribution in [-0.4, -0.2) is 50.9 Å². The summed E-state index contributed by atoms with van der Waals surface area (Å²) in [6.07, 6.45) is 0.736. The highest BCUT2D eigenvalue weighted by atomic mass is 32.2. The molecule has 0 fully saturated rings. The van der Waals surface area contributed by atoms with Gasteiger partial charge in [-0.05, 0) is 80.6 Å². The van der Waals surface area contributed by atoms with Crippen LogP contribution in [0.5, 0.6) is 5.75 Å². The molecule has 42 heavy (non-hydrogen) atoms. The highest BCUT2D eigenvalue weighted by Crippen LogP contribution is 2.27. The largest absolute Gasteiger partial charge is 0.497 e. The third kappa shape index (κ3) is 8.12. The summed E-state index contributed by atoms with van der Waals surface area (Å²) in [5, 5.41) is 2.95. The van der Waals surface area contributed by atoms with Gasteiger partial charge in [-0.25, -0.2) is 8.42 Å². The molecular weight excluding hydrogens is 550 g/mol. The molecule has 2 atom stereocenters. The predicted octanol–water partition coefficient (Wildman–Crippen LogP) is 5.65. The van der Waals surface area contributed by atoms with Crippen LogP contribution < -0.4 is 14.4 Å². The van der Waals surface area contributed by atoms with Crippen molar-refractivity contribution in [1.29, 1.82) is 0 Å². The van der Waals surface area contributed by atoms with E-state index in [-0.39, 0.29) is 29.3 Å². The van der Waals surface area contributed by atoms with Crippen LogP contribution in [-0.2, 0) is 26.2 Å². The minimum Gasteiger partial charge on any atom is -0.497 e. The molecule has 0 aliphatic heterocycles. The van der Waals surface area contributed by atoms with Gasteiger partial charge in [0, 0.05) is 12.6 Å². The van der Waals surface area contributed by atoms with Crippen LogP contribution in [0.3, 0.4) is 0 Å². The Balaban J connectivity index is 2.03. The summed E-state index contributed by atoms with van der Waals surface area (Å²) < 4.78 is 34.4. The number of sulfonamides is 1. The second-order valence-corrected chi connectivity index (χ2v) is 12.8. The maximum Gasteiger partial charge on any atom is 0.264 e. The number of carbonyl (C=O) groups is 2. The summed E-state index contributed by atoms with van der Waals surface area (Å²) >= 11 is 0. The van der Waals surface area contributed by atoms with Gasteiger partial charge >= 0.3 is 0 Å². The SMILES string of the molecule is CC[C@H](C)NC(=O)[C@@H](C)N(Cc1ccc(OC)cc1)C(=O)CN(c1ccc(C(C)C)cc1)S(=O)(=O)c1ccc(C)cc1. The number of hydrogen-bond acceptors (Lipinski definition) is 5. The Morgan fingerprint density at radius 1 is 0.881 bits per heavy atom. The predicted molar refractivity (Wildman–Crippen MR) is 167 cm³/mol. The number of methoxy groups -OCH3 is 1. The molecule has 0 aliphatic rings. The lowest BCUT2D eigenvalue weighted by Gasteiger charge is -2.32. The quantitative estimate of drug-likeness (QED) is 0.276. The minimum absolute atomic E-state index is 0.0734. The molecule has 1 N–H and O–H groups in total. The summed E-state index contributed by atoms with van der Waals surface area (Å²) in [6.45, 7) is 11.2. The van der Waals surface area contributed by atoms with E-state index >= 15 is 0 Å². The molecule has 3 aromatic carbocycles. The van der Waals surface area contributed by atoms with E-state index in [0.717, 1.165) is 27.4 Å². The molecule has 0 aliphatic carbocycles. The van der Waals surface area contributed by atoms with Crippen LogP contribution in [0.2, 0.25) is 0 Å². The highest BCUT2D eigenvalue weighted by molar-refractivity contribution is 7.92. The van der Waals surface area contributed by atoms with Crippen molar-refractivity contribution in [1.82, 2.24) is 10.2 Å². The number of hydrogen-bond donors (Lipinski definition) is 1. The van der Waals surface area contributed by atoms with Crippen LogP contribution in [0.4, 0.5) is 5.69 Å². The molecule has 2 amide bonds. The molecule has 0 spiro atoms. The van der Waals surface area contributed by atoms with Crippen molar-refractivity contribution in [2.45, 2.75) is 77.4 Å². The number of anilines is 1. The Morgan fingerprint density at radius 2 is 1.48 bits per heavy atom. The highest BCUT2D eigenvalue weighted by Gasteiger charge is 2.32. The van der Waals surface area contributed by atoms with Crippen molar-refractivity contribution in [2.75, 3.05) is 18.0 Å². The molecular formula is C33H43N3O5S. The molecule has 0 bridgehead atoms. The van der Waals surface area contributed by atoms with Gasteiger partial charge in [0.05, 0.1) is 17.7 Å². The second-order valence-electron chi connectivity index (χ2n) is 10.9. The Hall–Kier alpha value is -3.85. The normalized spacial score (nSPS) is 12.9. The average molecular weight is 594 g/mol. The zero-order valence-corrected chi connectivity index (χ0v) is 26.4. The number of benzene rings is 3. The van der Waals surface area contributed by atoms with Gasteiger partial charge < -0.3 is 15.0 Å². The van der Waals surface area contributed by atoms with Gasteiger partial charge in [-0.15, -0.1) is 0 Å². The van der Waals surface area contributed by atoms with Crippen LogP contribution in [0, 0.1) is 6.92 Å². The van der Waals surface area contributed by atoms with Crippen molar-refractivity contribution in [3.8, 4) is 5.75 Å². The summed E-state index contributed by atoms with van der Waals surface area (Å²) in [5.41, 5.74) is 3.12. The molecule has 0 aromatic heterocycles. The van der Waals surface area contributed by atoms with Crippen molar-refractivity contribution in [2.24, 2.45) is 0 Å². The maximum absolute atomic E-state index is 14.1. The molecule has 0 radical (unpaired) electrons. The third-order valence-electron chi connectivity index (χ3n) is 7.42. The Morgan fingerprint density at radius 3 is 2.00 bits per heavy atom. The van der Waals surface area contributed by atoms with Gasteiger partial charge in [-0.3, -0.25) is 13.9 Å². The summed E-state index contributed by atoms with van der Waals surface area (Å²) in [4.78, 5) is 28.8. The molecule has 0 heterocycles. The number of ether oxygens (including phenoxy) is 1. The van der Waals surface area contributed by atoms with Gasteiger partial charge in [0.2, 0.25) is 11.8 Å². The average Bonchev–Trinajstić information content (AvgIpc) is 2.98. The minimum atomic E-state index is -4.11. The first-order valence-electron chi connectivity index (χ1n) is 14.3. The van der Waals surface area contributed by atoms with Gasteiger partial charge in [0.1, 0.15) is 18.3 Å². The number of amides is 2. The third-order valence-corrected chi connectivity index (χ3v) is 9.20. The molecule has 0 saturated carbocycles. The number of nitrogens with zero attached hydrogens (tertiary/aromatic N) is 2. The van der Waals surface area contributed by atoms with Crippen molar-refractivity contribution >= 4 is 27.5 Å². The molecule has 3 rings (SSSR count). The van der Waals surface area contributed by atoms with Gasteiger partial charge in [0.25, 0.3) is 10.0 Å². The Bertz CT molecular complexity index is 1440. The lowest BCUT2D eigenvalue weighted by molar-refractivity contribution is -0.139.